The van der Waals surface area contributed by atoms with Crippen molar-refractivity contribution in [2.24, 2.45) is 0 Å². The summed E-state index contributed by atoms with van der Waals surface area (Å²) in [7, 11) is 1.66. The van der Waals surface area contributed by atoms with Gasteiger partial charge in [0.2, 0.25) is 0 Å². The van der Waals surface area contributed by atoms with Crippen molar-refractivity contribution in [3.05, 3.63) is 51.8 Å². The summed E-state index contributed by atoms with van der Waals surface area (Å²) in [5.74, 6) is 0.594. The Morgan fingerprint density at radius 2 is 2.08 bits per heavy atom. The third-order valence-electron chi connectivity index (χ3n) is 4.49. The molecule has 0 aliphatic carbocycles. The number of hydrogen-bond donors (Lipinski definition) is 2. The van der Waals surface area contributed by atoms with Gasteiger partial charge >= 0.3 is 0 Å². The average Bonchev–Trinajstić information content (AvgIpc) is 3.26. The molecule has 134 valence electrons. The van der Waals surface area contributed by atoms with Crippen molar-refractivity contribution in [3.63, 3.8) is 0 Å². The van der Waals surface area contributed by atoms with Crippen molar-refractivity contribution in [2.75, 3.05) is 26.7 Å². The highest BCUT2D eigenvalue weighted by molar-refractivity contribution is 6.41. The number of rotatable bonds is 6. The molecule has 1 aliphatic heterocycles. The lowest BCUT2D eigenvalue weighted by Gasteiger charge is -2.28. The van der Waals surface area contributed by atoms with Gasteiger partial charge in [0.1, 0.15) is 16.6 Å². The lowest BCUT2D eigenvalue weighted by molar-refractivity contribution is 0.0933. The Morgan fingerprint density at radius 3 is 2.72 bits per heavy atom. The van der Waals surface area contributed by atoms with E-state index in [9.17, 15) is 4.79 Å². The molecule has 1 saturated heterocycles. The fourth-order valence-corrected chi connectivity index (χ4v) is 3.48. The number of amides is 1. The summed E-state index contributed by atoms with van der Waals surface area (Å²) < 4.78 is 5.34. The number of ether oxygens (including phenoxy) is 1. The van der Waals surface area contributed by atoms with Crippen molar-refractivity contribution in [1.82, 2.24) is 15.2 Å². The number of carbonyl (C=O) groups is 1. The Hall–Kier alpha value is -1.69. The van der Waals surface area contributed by atoms with E-state index in [1.807, 2.05) is 18.2 Å². The Balaban J connectivity index is 1.74. The molecule has 1 fully saturated rings. The van der Waals surface area contributed by atoms with Crippen LogP contribution in [0.1, 0.15) is 34.9 Å². The molecule has 1 aromatic carbocycles. The predicted octanol–water partition coefficient (Wildman–Crippen LogP) is 3.90. The summed E-state index contributed by atoms with van der Waals surface area (Å²) in [6.07, 6.45) is 2.35. The van der Waals surface area contributed by atoms with Crippen molar-refractivity contribution in [3.8, 4) is 5.75 Å². The molecule has 0 radical (unpaired) electrons. The molecule has 1 amide bonds. The highest BCUT2D eigenvalue weighted by Crippen LogP contribution is 2.27. The van der Waals surface area contributed by atoms with E-state index < -0.39 is 0 Å². The van der Waals surface area contributed by atoms with E-state index in [0.717, 1.165) is 24.4 Å². The van der Waals surface area contributed by atoms with Crippen molar-refractivity contribution >= 4 is 29.1 Å². The minimum absolute atomic E-state index is 0.0995. The molecule has 1 unspecified atom stereocenters. The van der Waals surface area contributed by atoms with Crippen LogP contribution in [-0.2, 0) is 0 Å². The third kappa shape index (κ3) is 4.29. The predicted molar refractivity (Wildman–Crippen MR) is 99.7 cm³/mol. The largest absolute Gasteiger partial charge is 0.497 e. The highest BCUT2D eigenvalue weighted by atomic mass is 35.5. The van der Waals surface area contributed by atoms with Gasteiger partial charge in [0.05, 0.1) is 18.2 Å². The molecule has 0 saturated carbocycles. The normalized spacial score (nSPS) is 16.0. The van der Waals surface area contributed by atoms with Crippen LogP contribution < -0.4 is 10.1 Å². The van der Waals surface area contributed by atoms with Crippen LogP contribution >= 0.6 is 23.2 Å². The van der Waals surface area contributed by atoms with Gasteiger partial charge in [0.25, 0.3) is 5.91 Å². The number of aromatic amines is 1. The minimum Gasteiger partial charge on any atom is -0.497 e. The Morgan fingerprint density at radius 1 is 1.32 bits per heavy atom. The van der Waals surface area contributed by atoms with E-state index in [1.54, 1.807) is 7.11 Å². The van der Waals surface area contributed by atoms with Crippen LogP contribution in [0.3, 0.4) is 0 Å². The molecule has 0 spiro atoms. The molecule has 5 nitrogen and oxygen atoms in total. The fourth-order valence-electron chi connectivity index (χ4n) is 3.17. The zero-order chi connectivity index (χ0) is 17.8. The third-order valence-corrected chi connectivity index (χ3v) is 5.18. The number of benzene rings is 1. The van der Waals surface area contributed by atoms with Crippen LogP contribution in [0, 0.1) is 0 Å². The first-order valence-electron chi connectivity index (χ1n) is 8.28. The maximum Gasteiger partial charge on any atom is 0.267 e. The molecule has 7 heteroatoms. The van der Waals surface area contributed by atoms with Crippen LogP contribution in [0.15, 0.2) is 30.3 Å². The quantitative estimate of drug-likeness (QED) is 0.797. The lowest BCUT2D eigenvalue weighted by atomic mass is 10.0. The first kappa shape index (κ1) is 18.1. The number of likely N-dealkylation sites (tertiary alicyclic amines) is 1. The molecule has 2 N–H and O–H groups in total. The molecular formula is C18H21Cl2N3O2. The summed E-state index contributed by atoms with van der Waals surface area (Å²) in [5.41, 5.74) is 1.49. The smallest absolute Gasteiger partial charge is 0.267 e. The summed E-state index contributed by atoms with van der Waals surface area (Å²) in [5, 5.41) is 3.60. The Bertz CT molecular complexity index is 722. The Kier molecular flexibility index (Phi) is 5.89. The van der Waals surface area contributed by atoms with E-state index in [2.05, 4.69) is 21.3 Å². The van der Waals surface area contributed by atoms with Gasteiger partial charge in [-0.2, -0.15) is 0 Å². The minimum atomic E-state index is -0.221. The maximum absolute atomic E-state index is 12.4. The van der Waals surface area contributed by atoms with Crippen LogP contribution in [-0.4, -0.2) is 42.5 Å². The van der Waals surface area contributed by atoms with Gasteiger partial charge in [-0.15, -0.1) is 0 Å². The first-order valence-corrected chi connectivity index (χ1v) is 9.04. The van der Waals surface area contributed by atoms with Gasteiger partial charge in [-0.25, -0.2) is 0 Å². The molecular weight excluding hydrogens is 361 g/mol. The topological polar surface area (TPSA) is 57.4 Å². The van der Waals surface area contributed by atoms with Crippen LogP contribution in [0.5, 0.6) is 5.75 Å². The molecule has 2 aromatic rings. The van der Waals surface area contributed by atoms with E-state index in [4.69, 9.17) is 27.9 Å². The summed E-state index contributed by atoms with van der Waals surface area (Å²) >= 11 is 11.8. The number of nitrogens with one attached hydrogen (secondary N) is 2. The lowest BCUT2D eigenvalue weighted by Crippen LogP contribution is -2.36. The molecule has 1 aliphatic rings. The molecule has 2 heterocycles. The number of halogens is 2. The van der Waals surface area contributed by atoms with Crippen LogP contribution in [0.25, 0.3) is 0 Å². The molecule has 25 heavy (non-hydrogen) atoms. The zero-order valence-electron chi connectivity index (χ0n) is 14.0. The first-order chi connectivity index (χ1) is 12.1. The second-order valence-electron chi connectivity index (χ2n) is 6.09. The summed E-state index contributed by atoms with van der Waals surface area (Å²) in [6.45, 7) is 2.55. The SMILES string of the molecule is COc1cccc(C(CNC(=O)c2cc(Cl)c(Cl)[nH]2)N2CCCC2)c1. The maximum atomic E-state index is 12.4. The van der Waals surface area contributed by atoms with Gasteiger partial charge in [-0.3, -0.25) is 9.69 Å². The van der Waals surface area contributed by atoms with Crippen LogP contribution in [0.2, 0.25) is 10.2 Å². The van der Waals surface area contributed by atoms with Gasteiger partial charge in [-0.1, -0.05) is 35.3 Å². The zero-order valence-corrected chi connectivity index (χ0v) is 15.5. The van der Waals surface area contributed by atoms with Gasteiger partial charge < -0.3 is 15.0 Å². The van der Waals surface area contributed by atoms with Crippen molar-refractivity contribution in [2.45, 2.75) is 18.9 Å². The average molecular weight is 382 g/mol. The van der Waals surface area contributed by atoms with Crippen molar-refractivity contribution in [1.29, 1.82) is 0 Å². The molecule has 3 rings (SSSR count). The number of carbonyl (C=O) groups excluding carboxylic acids is 1. The second kappa shape index (κ2) is 8.13. The standard InChI is InChI=1S/C18H21Cl2N3O2/c1-25-13-6-4-5-12(9-13)16(23-7-2-3-8-23)11-21-18(24)15-10-14(19)17(20)22-15/h4-6,9-10,16,22H,2-3,7-8,11H2,1H3,(H,21,24). The van der Waals surface area contributed by atoms with Gasteiger partial charge in [-0.05, 0) is 49.7 Å². The number of H-pyrrole nitrogens is 1. The number of nitrogens with zero attached hydrogens (tertiary/aromatic N) is 1. The summed E-state index contributed by atoms with van der Waals surface area (Å²) in [6, 6.07) is 9.63. The molecule has 1 aromatic heterocycles. The Labute approximate surface area is 157 Å². The number of hydrogen-bond acceptors (Lipinski definition) is 3. The monoisotopic (exact) mass is 381 g/mol. The highest BCUT2D eigenvalue weighted by Gasteiger charge is 2.24. The second-order valence-corrected chi connectivity index (χ2v) is 6.88. The van der Waals surface area contributed by atoms with Gasteiger partial charge in [0.15, 0.2) is 0 Å². The number of methoxy groups -OCH3 is 1. The van der Waals surface area contributed by atoms with E-state index >= 15 is 0 Å². The van der Waals surface area contributed by atoms with Crippen molar-refractivity contribution < 1.29 is 9.53 Å². The summed E-state index contributed by atoms with van der Waals surface area (Å²) in [4.78, 5) is 17.6. The van der Waals surface area contributed by atoms with Gasteiger partial charge in [0, 0.05) is 6.54 Å². The van der Waals surface area contributed by atoms with E-state index in [0.29, 0.717) is 17.3 Å². The fraction of sp³-hybridized carbons (Fsp3) is 0.389. The van der Waals surface area contributed by atoms with E-state index in [1.165, 1.54) is 18.9 Å². The molecule has 1 atom stereocenters. The molecule has 0 bridgehead atoms. The van der Waals surface area contributed by atoms with E-state index in [-0.39, 0.29) is 17.1 Å². The van der Waals surface area contributed by atoms with Crippen LogP contribution in [0.4, 0.5) is 0 Å². The number of aromatic nitrogens is 1.